The Balaban J connectivity index is 1.81. The fourth-order valence-electron chi connectivity index (χ4n) is 4.04. The van der Waals surface area contributed by atoms with Crippen LogP contribution < -0.4 is 10.6 Å². The summed E-state index contributed by atoms with van der Waals surface area (Å²) in [6.07, 6.45) is -2.41. The number of alkyl carbamates (subject to hydrolysis) is 2. The van der Waals surface area contributed by atoms with E-state index in [4.69, 9.17) is 18.9 Å². The second-order valence-electron chi connectivity index (χ2n) is 11.9. The second-order valence-corrected chi connectivity index (χ2v) is 11.9. The maximum absolute atomic E-state index is 13.2. The molecule has 0 aliphatic carbocycles. The molecular formula is C31H40N4O8. The highest BCUT2D eigenvalue weighted by Crippen LogP contribution is 2.24. The number of nitrogens with one attached hydrogen (secondary N) is 2. The van der Waals surface area contributed by atoms with Gasteiger partial charge in [0.1, 0.15) is 30.5 Å². The van der Waals surface area contributed by atoms with Crippen LogP contribution in [0.4, 0.5) is 14.4 Å². The van der Waals surface area contributed by atoms with E-state index in [9.17, 15) is 19.2 Å². The lowest BCUT2D eigenvalue weighted by Crippen LogP contribution is -2.47. The van der Waals surface area contributed by atoms with Crippen LogP contribution in [0.15, 0.2) is 65.7 Å². The first-order valence-corrected chi connectivity index (χ1v) is 13.9. The summed E-state index contributed by atoms with van der Waals surface area (Å²) >= 11 is 0. The Morgan fingerprint density at radius 2 is 1.23 bits per heavy atom. The number of carbonyl (C=O) groups excluding carboxylic acids is 4. The zero-order valence-corrected chi connectivity index (χ0v) is 25.4. The van der Waals surface area contributed by atoms with E-state index in [0.717, 1.165) is 11.1 Å². The van der Waals surface area contributed by atoms with Crippen molar-refractivity contribution in [2.75, 3.05) is 6.54 Å². The first-order valence-electron chi connectivity index (χ1n) is 13.9. The number of rotatable bonds is 6. The topological polar surface area (TPSA) is 145 Å². The minimum atomic E-state index is -1.02. The molecule has 0 spiro atoms. The number of nitrogens with zero attached hydrogens (tertiary/aromatic N) is 2. The third-order valence-electron chi connectivity index (χ3n) is 5.77. The van der Waals surface area contributed by atoms with Gasteiger partial charge in [-0.15, -0.1) is 0 Å². The number of aliphatic imine (C=N–C) groups is 1. The number of guanidine groups is 1. The number of likely N-dealkylation sites (tertiary alicyclic amines) is 1. The predicted molar refractivity (Wildman–Crippen MR) is 158 cm³/mol. The fourth-order valence-corrected chi connectivity index (χ4v) is 4.04. The van der Waals surface area contributed by atoms with Crippen molar-refractivity contribution in [2.45, 2.75) is 84.5 Å². The van der Waals surface area contributed by atoms with E-state index < -0.39 is 47.5 Å². The van der Waals surface area contributed by atoms with E-state index in [1.165, 1.54) is 4.90 Å². The molecular weight excluding hydrogens is 556 g/mol. The Labute approximate surface area is 251 Å². The van der Waals surface area contributed by atoms with Crippen LogP contribution in [0.25, 0.3) is 0 Å². The van der Waals surface area contributed by atoms with Crippen LogP contribution in [-0.2, 0) is 37.0 Å². The molecule has 0 aromatic heterocycles. The van der Waals surface area contributed by atoms with Gasteiger partial charge in [0, 0.05) is 13.0 Å². The van der Waals surface area contributed by atoms with Gasteiger partial charge < -0.3 is 18.9 Å². The number of carbonyl (C=O) groups is 4. The highest BCUT2D eigenvalue weighted by Gasteiger charge is 2.42. The molecule has 2 aromatic carbocycles. The highest BCUT2D eigenvalue weighted by atomic mass is 16.6. The minimum absolute atomic E-state index is 0.00153. The summed E-state index contributed by atoms with van der Waals surface area (Å²) < 4.78 is 21.6. The lowest BCUT2D eigenvalue weighted by molar-refractivity contribution is -0.149. The molecule has 0 bridgehead atoms. The van der Waals surface area contributed by atoms with Crippen LogP contribution in [0, 0.1) is 0 Å². The zero-order chi connectivity index (χ0) is 31.6. The van der Waals surface area contributed by atoms with Crippen molar-refractivity contribution in [3.05, 3.63) is 71.8 Å². The number of hydrogen-bond acceptors (Lipinski definition) is 9. The summed E-state index contributed by atoms with van der Waals surface area (Å²) in [6, 6.07) is 16.5. The first-order chi connectivity index (χ1) is 20.2. The van der Waals surface area contributed by atoms with Crippen molar-refractivity contribution in [3.8, 4) is 0 Å². The van der Waals surface area contributed by atoms with Crippen molar-refractivity contribution in [3.63, 3.8) is 0 Å². The maximum atomic E-state index is 13.2. The van der Waals surface area contributed by atoms with E-state index in [-0.39, 0.29) is 32.1 Å². The molecule has 43 heavy (non-hydrogen) atoms. The van der Waals surface area contributed by atoms with Gasteiger partial charge in [-0.25, -0.2) is 24.2 Å². The Morgan fingerprint density at radius 3 is 1.70 bits per heavy atom. The number of amides is 3. The molecule has 2 N–H and O–H groups in total. The number of esters is 1. The summed E-state index contributed by atoms with van der Waals surface area (Å²) in [4.78, 5) is 57.1. The van der Waals surface area contributed by atoms with E-state index in [2.05, 4.69) is 15.6 Å². The minimum Gasteiger partial charge on any atom is -0.459 e. The van der Waals surface area contributed by atoms with Crippen molar-refractivity contribution < 1.29 is 38.1 Å². The SMILES string of the molecule is CC(C)(C)OC(=O)NC(=N[C@@H]1C[C@@H](C(=O)OCc2ccccc2)N(C(=O)OCc2ccccc2)C1)NC(=O)OC(C)(C)C. The lowest BCUT2D eigenvalue weighted by Gasteiger charge is -2.23. The average molecular weight is 597 g/mol. The summed E-state index contributed by atoms with van der Waals surface area (Å²) in [5.74, 6) is -0.899. The van der Waals surface area contributed by atoms with Crippen LogP contribution in [0.5, 0.6) is 0 Å². The summed E-state index contributed by atoms with van der Waals surface area (Å²) in [5, 5.41) is 4.85. The molecule has 2 atom stereocenters. The fraction of sp³-hybridized carbons (Fsp3) is 0.452. The summed E-state index contributed by atoms with van der Waals surface area (Å²) in [5.41, 5.74) is -0.0757. The normalized spacial score (nSPS) is 16.5. The number of benzene rings is 2. The van der Waals surface area contributed by atoms with Crippen molar-refractivity contribution in [1.29, 1.82) is 0 Å². The summed E-state index contributed by atoms with van der Waals surface area (Å²) in [7, 11) is 0. The molecule has 12 heteroatoms. The third kappa shape index (κ3) is 11.7. The first kappa shape index (κ1) is 32.9. The monoisotopic (exact) mass is 596 g/mol. The van der Waals surface area contributed by atoms with E-state index >= 15 is 0 Å². The molecule has 0 unspecified atom stereocenters. The van der Waals surface area contributed by atoms with E-state index in [0.29, 0.717) is 0 Å². The predicted octanol–water partition coefficient (Wildman–Crippen LogP) is 4.91. The third-order valence-corrected chi connectivity index (χ3v) is 5.77. The van der Waals surface area contributed by atoms with Crippen molar-refractivity contribution in [2.24, 2.45) is 4.99 Å². The zero-order valence-electron chi connectivity index (χ0n) is 25.4. The molecule has 0 saturated carbocycles. The Bertz CT molecular complexity index is 1190. The Kier molecular flexibility index (Phi) is 11.1. The maximum Gasteiger partial charge on any atom is 0.414 e. The van der Waals surface area contributed by atoms with Crippen LogP contribution in [0.3, 0.4) is 0 Å². The Hall–Kier alpha value is -4.61. The lowest BCUT2D eigenvalue weighted by atomic mass is 10.2. The van der Waals surface area contributed by atoms with Crippen LogP contribution in [-0.4, -0.2) is 64.9 Å². The quantitative estimate of drug-likeness (QED) is 0.207. The van der Waals surface area contributed by atoms with Crippen LogP contribution >= 0.6 is 0 Å². The highest BCUT2D eigenvalue weighted by molar-refractivity contribution is 6.01. The van der Waals surface area contributed by atoms with Crippen LogP contribution in [0.2, 0.25) is 0 Å². The van der Waals surface area contributed by atoms with E-state index in [1.54, 1.807) is 41.5 Å². The molecule has 3 rings (SSSR count). The largest absolute Gasteiger partial charge is 0.459 e. The van der Waals surface area contributed by atoms with Gasteiger partial charge in [-0.3, -0.25) is 15.5 Å². The standard InChI is InChI=1S/C31H40N4O8/c1-30(2,3)42-27(37)33-26(34-28(38)43-31(4,5)6)32-23-17-24(25(36)40-19-21-13-9-7-10-14-21)35(18-23)29(39)41-20-22-15-11-8-12-16-22/h7-16,23-24H,17-20H2,1-6H3,(H2,32,33,34,37,38)/t23-,24+/m1/s1. The molecule has 232 valence electrons. The molecule has 3 amide bonds. The summed E-state index contributed by atoms with van der Waals surface area (Å²) in [6.45, 7) is 10.1. The van der Waals surface area contributed by atoms with E-state index in [1.807, 2.05) is 60.7 Å². The second kappa shape index (κ2) is 14.5. The Morgan fingerprint density at radius 1 is 0.767 bits per heavy atom. The van der Waals surface area contributed by atoms with Crippen molar-refractivity contribution >= 4 is 30.2 Å². The smallest absolute Gasteiger partial charge is 0.414 e. The van der Waals surface area contributed by atoms with Gasteiger partial charge in [0.25, 0.3) is 0 Å². The molecule has 1 aliphatic rings. The van der Waals surface area contributed by atoms with Gasteiger partial charge in [-0.05, 0) is 52.7 Å². The van der Waals surface area contributed by atoms with Gasteiger partial charge in [0.2, 0.25) is 5.96 Å². The van der Waals surface area contributed by atoms with Gasteiger partial charge >= 0.3 is 24.2 Å². The molecule has 1 fully saturated rings. The van der Waals surface area contributed by atoms with Gasteiger partial charge in [-0.2, -0.15) is 0 Å². The number of ether oxygens (including phenoxy) is 4. The molecule has 2 aromatic rings. The number of hydrogen-bond donors (Lipinski definition) is 2. The molecule has 1 aliphatic heterocycles. The van der Waals surface area contributed by atoms with Gasteiger partial charge in [0.15, 0.2) is 0 Å². The van der Waals surface area contributed by atoms with Crippen molar-refractivity contribution in [1.82, 2.24) is 15.5 Å². The van der Waals surface area contributed by atoms with Gasteiger partial charge in [0.05, 0.1) is 6.04 Å². The molecule has 1 heterocycles. The molecule has 0 radical (unpaired) electrons. The van der Waals surface area contributed by atoms with Gasteiger partial charge in [-0.1, -0.05) is 60.7 Å². The molecule has 12 nitrogen and oxygen atoms in total. The average Bonchev–Trinajstić information content (AvgIpc) is 3.33. The molecule has 1 saturated heterocycles. The van der Waals surface area contributed by atoms with Crippen LogP contribution in [0.1, 0.15) is 59.1 Å².